The SMILES string of the molecule is Cc1ccc(C#N)c(N(CC(F)(F)F)C(C)C)c1. The fourth-order valence-electron chi connectivity index (χ4n) is 1.71. The van der Waals surface area contributed by atoms with Gasteiger partial charge in [0.25, 0.3) is 0 Å². The first-order chi connectivity index (χ1) is 8.24. The quantitative estimate of drug-likeness (QED) is 0.825. The van der Waals surface area contributed by atoms with E-state index < -0.39 is 12.7 Å². The standard InChI is InChI=1S/C13H15F3N2/c1-9(2)18(8-13(14,15)16)12-6-10(3)4-5-11(12)7-17/h4-6,9H,8H2,1-3H3. The van der Waals surface area contributed by atoms with Crippen LogP contribution in [0.15, 0.2) is 18.2 Å². The van der Waals surface area contributed by atoms with Crippen LogP contribution in [0.2, 0.25) is 0 Å². The molecule has 0 saturated carbocycles. The monoisotopic (exact) mass is 256 g/mol. The van der Waals surface area contributed by atoms with E-state index in [0.29, 0.717) is 5.69 Å². The maximum Gasteiger partial charge on any atom is 0.405 e. The van der Waals surface area contributed by atoms with Crippen molar-refractivity contribution < 1.29 is 13.2 Å². The maximum atomic E-state index is 12.6. The van der Waals surface area contributed by atoms with Crippen molar-refractivity contribution in [2.45, 2.75) is 33.0 Å². The van der Waals surface area contributed by atoms with Crippen molar-refractivity contribution in [3.8, 4) is 6.07 Å². The van der Waals surface area contributed by atoms with E-state index in [1.807, 2.05) is 6.07 Å². The van der Waals surface area contributed by atoms with E-state index in [-0.39, 0.29) is 11.6 Å². The van der Waals surface area contributed by atoms with Crippen molar-refractivity contribution in [2.24, 2.45) is 0 Å². The third kappa shape index (κ3) is 3.66. The smallest absolute Gasteiger partial charge is 0.359 e. The number of nitrogens with zero attached hydrogens (tertiary/aromatic N) is 2. The highest BCUT2D eigenvalue weighted by Gasteiger charge is 2.32. The summed E-state index contributed by atoms with van der Waals surface area (Å²) >= 11 is 0. The molecule has 2 nitrogen and oxygen atoms in total. The Morgan fingerprint density at radius 3 is 2.39 bits per heavy atom. The number of benzene rings is 1. The lowest BCUT2D eigenvalue weighted by Crippen LogP contribution is -2.39. The molecular weight excluding hydrogens is 241 g/mol. The average Bonchev–Trinajstić information content (AvgIpc) is 2.24. The first-order valence-corrected chi connectivity index (χ1v) is 5.58. The first kappa shape index (κ1) is 14.4. The van der Waals surface area contributed by atoms with Gasteiger partial charge in [-0.2, -0.15) is 18.4 Å². The topological polar surface area (TPSA) is 27.0 Å². The molecule has 0 atom stereocenters. The summed E-state index contributed by atoms with van der Waals surface area (Å²) in [4.78, 5) is 1.20. The van der Waals surface area contributed by atoms with Crippen LogP contribution in [0.5, 0.6) is 0 Å². The Morgan fingerprint density at radius 2 is 1.94 bits per heavy atom. The van der Waals surface area contributed by atoms with Crippen molar-refractivity contribution in [3.05, 3.63) is 29.3 Å². The van der Waals surface area contributed by atoms with E-state index in [1.54, 1.807) is 39.0 Å². The van der Waals surface area contributed by atoms with Crippen LogP contribution in [0, 0.1) is 18.3 Å². The Balaban J connectivity index is 3.22. The Hall–Kier alpha value is -1.70. The van der Waals surface area contributed by atoms with Gasteiger partial charge in [0, 0.05) is 6.04 Å². The van der Waals surface area contributed by atoms with Gasteiger partial charge in [-0.1, -0.05) is 6.07 Å². The molecule has 0 N–H and O–H groups in total. The molecule has 1 rings (SSSR count). The highest BCUT2D eigenvalue weighted by Crippen LogP contribution is 2.27. The highest BCUT2D eigenvalue weighted by atomic mass is 19.4. The van der Waals surface area contributed by atoms with Crippen LogP contribution in [-0.2, 0) is 0 Å². The molecule has 1 aromatic rings. The zero-order valence-electron chi connectivity index (χ0n) is 10.5. The minimum atomic E-state index is -4.29. The number of rotatable bonds is 3. The number of hydrogen-bond donors (Lipinski definition) is 0. The van der Waals surface area contributed by atoms with Crippen molar-refractivity contribution in [2.75, 3.05) is 11.4 Å². The number of halogens is 3. The van der Waals surface area contributed by atoms with Crippen LogP contribution in [0.1, 0.15) is 25.0 Å². The minimum Gasteiger partial charge on any atom is -0.359 e. The largest absolute Gasteiger partial charge is 0.405 e. The van der Waals surface area contributed by atoms with E-state index in [1.165, 1.54) is 4.90 Å². The summed E-state index contributed by atoms with van der Waals surface area (Å²) < 4.78 is 37.7. The van der Waals surface area contributed by atoms with Crippen LogP contribution in [0.25, 0.3) is 0 Å². The van der Waals surface area contributed by atoms with Gasteiger partial charge >= 0.3 is 6.18 Å². The van der Waals surface area contributed by atoms with E-state index in [4.69, 9.17) is 5.26 Å². The normalized spacial score (nSPS) is 11.4. The lowest BCUT2D eigenvalue weighted by Gasteiger charge is -2.30. The third-order valence-electron chi connectivity index (χ3n) is 2.56. The minimum absolute atomic E-state index is 0.263. The Bertz CT molecular complexity index is 458. The van der Waals surface area contributed by atoms with Gasteiger partial charge in [-0.15, -0.1) is 0 Å². The molecule has 0 fully saturated rings. The predicted octanol–water partition coefficient (Wildman–Crippen LogP) is 3.64. The summed E-state index contributed by atoms with van der Waals surface area (Å²) in [6.07, 6.45) is -4.29. The van der Waals surface area contributed by atoms with Crippen LogP contribution < -0.4 is 4.90 Å². The molecule has 1 aromatic carbocycles. The molecule has 0 spiro atoms. The van der Waals surface area contributed by atoms with Gasteiger partial charge in [-0.05, 0) is 38.5 Å². The number of alkyl halides is 3. The lowest BCUT2D eigenvalue weighted by molar-refractivity contribution is -0.120. The summed E-state index contributed by atoms with van der Waals surface area (Å²) in [6.45, 7) is 4.09. The molecule has 0 amide bonds. The molecule has 0 aliphatic carbocycles. The van der Waals surface area contributed by atoms with Gasteiger partial charge in [0.05, 0.1) is 11.3 Å². The second-order valence-electron chi connectivity index (χ2n) is 4.47. The van der Waals surface area contributed by atoms with Crippen molar-refractivity contribution in [1.29, 1.82) is 5.26 Å². The van der Waals surface area contributed by atoms with Gasteiger partial charge in [0.15, 0.2) is 0 Å². The number of anilines is 1. The molecule has 0 heterocycles. The molecule has 0 unspecified atom stereocenters. The Labute approximate surface area is 105 Å². The van der Waals surface area contributed by atoms with Crippen molar-refractivity contribution in [1.82, 2.24) is 0 Å². The Kier molecular flexibility index (Phi) is 4.23. The van der Waals surface area contributed by atoms with Gasteiger partial charge in [0.2, 0.25) is 0 Å². The predicted molar refractivity (Wildman–Crippen MR) is 64.4 cm³/mol. The summed E-state index contributed by atoms with van der Waals surface area (Å²) in [7, 11) is 0. The highest BCUT2D eigenvalue weighted by molar-refractivity contribution is 5.61. The van der Waals surface area contributed by atoms with E-state index in [0.717, 1.165) is 5.56 Å². The second-order valence-corrected chi connectivity index (χ2v) is 4.47. The van der Waals surface area contributed by atoms with Crippen molar-refractivity contribution >= 4 is 5.69 Å². The summed E-state index contributed by atoms with van der Waals surface area (Å²) in [5, 5.41) is 8.98. The molecule has 0 bridgehead atoms. The molecular formula is C13H15F3N2. The van der Waals surface area contributed by atoms with Crippen LogP contribution in [-0.4, -0.2) is 18.8 Å². The zero-order chi connectivity index (χ0) is 13.9. The van der Waals surface area contributed by atoms with Gasteiger partial charge in [-0.25, -0.2) is 0 Å². The molecule has 0 aromatic heterocycles. The molecule has 18 heavy (non-hydrogen) atoms. The molecule has 0 saturated heterocycles. The maximum absolute atomic E-state index is 12.6. The molecule has 0 aliphatic rings. The van der Waals surface area contributed by atoms with Gasteiger partial charge in [0.1, 0.15) is 12.6 Å². The number of nitriles is 1. The lowest BCUT2D eigenvalue weighted by atomic mass is 10.1. The van der Waals surface area contributed by atoms with E-state index in [2.05, 4.69) is 0 Å². The number of aryl methyl sites for hydroxylation is 1. The zero-order valence-corrected chi connectivity index (χ0v) is 10.5. The van der Waals surface area contributed by atoms with Crippen LogP contribution >= 0.6 is 0 Å². The molecule has 98 valence electrons. The average molecular weight is 256 g/mol. The molecule has 0 aliphatic heterocycles. The summed E-state index contributed by atoms with van der Waals surface area (Å²) in [5.74, 6) is 0. The van der Waals surface area contributed by atoms with E-state index >= 15 is 0 Å². The molecule has 5 heteroatoms. The summed E-state index contributed by atoms with van der Waals surface area (Å²) in [6, 6.07) is 6.49. The van der Waals surface area contributed by atoms with E-state index in [9.17, 15) is 13.2 Å². The first-order valence-electron chi connectivity index (χ1n) is 5.58. The Morgan fingerprint density at radius 1 is 1.33 bits per heavy atom. The third-order valence-corrected chi connectivity index (χ3v) is 2.56. The second kappa shape index (κ2) is 5.30. The van der Waals surface area contributed by atoms with Gasteiger partial charge in [-0.3, -0.25) is 0 Å². The van der Waals surface area contributed by atoms with Crippen LogP contribution in [0.4, 0.5) is 18.9 Å². The van der Waals surface area contributed by atoms with Crippen LogP contribution in [0.3, 0.4) is 0 Å². The number of hydrogen-bond acceptors (Lipinski definition) is 2. The van der Waals surface area contributed by atoms with Crippen molar-refractivity contribution in [3.63, 3.8) is 0 Å². The summed E-state index contributed by atoms with van der Waals surface area (Å²) in [5.41, 5.74) is 1.43. The van der Waals surface area contributed by atoms with Gasteiger partial charge < -0.3 is 4.90 Å². The fourth-order valence-corrected chi connectivity index (χ4v) is 1.71. The molecule has 0 radical (unpaired) electrons. The fraction of sp³-hybridized carbons (Fsp3) is 0.462.